The fraction of sp³-hybridized carbons (Fsp3) is 0.400. The molecule has 0 aliphatic carbocycles. The lowest BCUT2D eigenvalue weighted by molar-refractivity contribution is -0.131. The second kappa shape index (κ2) is 7.55. The lowest BCUT2D eigenvalue weighted by Crippen LogP contribution is -2.36. The van der Waals surface area contributed by atoms with E-state index in [1.165, 1.54) is 17.4 Å². The van der Waals surface area contributed by atoms with Gasteiger partial charge in [0.05, 0.1) is 6.26 Å². The van der Waals surface area contributed by atoms with Gasteiger partial charge in [0, 0.05) is 31.5 Å². The Bertz CT molecular complexity index is 739. The molecule has 1 aliphatic heterocycles. The van der Waals surface area contributed by atoms with E-state index >= 15 is 0 Å². The van der Waals surface area contributed by atoms with Crippen molar-refractivity contribution in [2.75, 3.05) is 13.1 Å². The summed E-state index contributed by atoms with van der Waals surface area (Å²) < 4.78 is 5.04. The lowest BCUT2D eigenvalue weighted by Gasteiger charge is -2.21. The Labute approximate surface area is 148 Å². The Kier molecular flexibility index (Phi) is 5.22. The molecular formula is C20H24N2O3. The van der Waals surface area contributed by atoms with Crippen LogP contribution in [0.15, 0.2) is 47.1 Å². The summed E-state index contributed by atoms with van der Waals surface area (Å²) in [6.45, 7) is 5.28. The average Bonchev–Trinajstić information content (AvgIpc) is 3.25. The van der Waals surface area contributed by atoms with Gasteiger partial charge in [0.25, 0.3) is 5.91 Å². The first kappa shape index (κ1) is 17.3. The van der Waals surface area contributed by atoms with Gasteiger partial charge in [-0.1, -0.05) is 24.3 Å². The molecule has 2 heterocycles. The Morgan fingerprint density at radius 2 is 2.04 bits per heavy atom. The number of rotatable bonds is 5. The zero-order chi connectivity index (χ0) is 17.8. The van der Waals surface area contributed by atoms with E-state index in [2.05, 4.69) is 37.4 Å². The molecule has 1 aromatic carbocycles. The number of benzene rings is 1. The van der Waals surface area contributed by atoms with Gasteiger partial charge in [-0.25, -0.2) is 0 Å². The second-order valence-corrected chi connectivity index (χ2v) is 6.67. The van der Waals surface area contributed by atoms with E-state index in [-0.39, 0.29) is 23.6 Å². The van der Waals surface area contributed by atoms with Gasteiger partial charge >= 0.3 is 0 Å². The van der Waals surface area contributed by atoms with Crippen molar-refractivity contribution in [1.82, 2.24) is 10.2 Å². The predicted molar refractivity (Wildman–Crippen MR) is 95.4 cm³/mol. The molecule has 0 bridgehead atoms. The van der Waals surface area contributed by atoms with Crippen LogP contribution in [0.1, 0.15) is 47.4 Å². The molecule has 25 heavy (non-hydrogen) atoms. The maximum absolute atomic E-state index is 12.5. The van der Waals surface area contributed by atoms with Crippen molar-refractivity contribution in [3.63, 3.8) is 0 Å². The zero-order valence-corrected chi connectivity index (χ0v) is 14.7. The molecule has 1 fully saturated rings. The van der Waals surface area contributed by atoms with Crippen LogP contribution in [0.4, 0.5) is 0 Å². The summed E-state index contributed by atoms with van der Waals surface area (Å²) in [6.07, 6.45) is 2.74. The largest absolute Gasteiger partial charge is 0.459 e. The Morgan fingerprint density at radius 1 is 1.24 bits per heavy atom. The highest BCUT2D eigenvalue weighted by Gasteiger charge is 2.33. The van der Waals surface area contributed by atoms with Crippen LogP contribution in [0, 0.1) is 6.92 Å². The molecule has 1 aliphatic rings. The van der Waals surface area contributed by atoms with Gasteiger partial charge in [-0.2, -0.15) is 0 Å². The third-order valence-corrected chi connectivity index (χ3v) is 4.89. The highest BCUT2D eigenvalue weighted by Crippen LogP contribution is 2.33. The number of furan rings is 1. The van der Waals surface area contributed by atoms with Crippen molar-refractivity contribution in [2.24, 2.45) is 0 Å². The van der Waals surface area contributed by atoms with Crippen LogP contribution in [0.2, 0.25) is 0 Å². The van der Waals surface area contributed by atoms with Crippen LogP contribution in [0.5, 0.6) is 0 Å². The molecule has 2 amide bonds. The monoisotopic (exact) mass is 340 g/mol. The van der Waals surface area contributed by atoms with Gasteiger partial charge in [-0.15, -0.1) is 0 Å². The SMILES string of the molecule is Cc1ccccc1[C@H]1C[C@H](C)N(C(=O)CCNC(=O)c2ccco2)C1. The minimum absolute atomic E-state index is 0.0864. The van der Waals surface area contributed by atoms with Crippen LogP contribution < -0.4 is 5.32 Å². The van der Waals surface area contributed by atoms with Gasteiger partial charge in [0.2, 0.25) is 5.91 Å². The zero-order valence-electron chi connectivity index (χ0n) is 14.7. The minimum Gasteiger partial charge on any atom is -0.459 e. The number of aryl methyl sites for hydroxylation is 1. The fourth-order valence-electron chi connectivity index (χ4n) is 3.57. The molecule has 5 heteroatoms. The number of carbonyl (C=O) groups excluding carboxylic acids is 2. The molecule has 1 aromatic heterocycles. The highest BCUT2D eigenvalue weighted by atomic mass is 16.3. The van der Waals surface area contributed by atoms with E-state index in [4.69, 9.17) is 4.42 Å². The van der Waals surface area contributed by atoms with Crippen molar-refractivity contribution in [3.8, 4) is 0 Å². The molecule has 3 rings (SSSR count). The summed E-state index contributed by atoms with van der Waals surface area (Å²) in [6, 6.07) is 11.9. The van der Waals surface area contributed by atoms with Crippen molar-refractivity contribution in [3.05, 3.63) is 59.5 Å². The number of nitrogens with zero attached hydrogens (tertiary/aromatic N) is 1. The molecule has 0 saturated carbocycles. The van der Waals surface area contributed by atoms with Gasteiger partial charge < -0.3 is 14.6 Å². The Morgan fingerprint density at radius 3 is 2.76 bits per heavy atom. The Balaban J connectivity index is 1.52. The third-order valence-electron chi connectivity index (χ3n) is 4.89. The third kappa shape index (κ3) is 3.92. The van der Waals surface area contributed by atoms with Crippen LogP contribution in [0.25, 0.3) is 0 Å². The molecule has 2 aromatic rings. The standard InChI is InChI=1S/C20H24N2O3/c1-14-6-3-4-7-17(14)16-12-15(2)22(13-16)19(23)9-10-21-20(24)18-8-5-11-25-18/h3-8,11,15-16H,9-10,12-13H2,1-2H3,(H,21,24)/t15-,16-/m0/s1. The lowest BCUT2D eigenvalue weighted by atomic mass is 9.93. The van der Waals surface area contributed by atoms with Crippen molar-refractivity contribution in [1.29, 1.82) is 0 Å². The first-order valence-corrected chi connectivity index (χ1v) is 8.73. The number of amides is 2. The van der Waals surface area contributed by atoms with Crippen LogP contribution in [0.3, 0.4) is 0 Å². The van der Waals surface area contributed by atoms with Crippen molar-refractivity contribution in [2.45, 2.75) is 38.6 Å². The summed E-state index contributed by atoms with van der Waals surface area (Å²) in [5, 5.41) is 2.73. The van der Waals surface area contributed by atoms with E-state index in [0.717, 1.165) is 13.0 Å². The summed E-state index contributed by atoms with van der Waals surface area (Å²) in [5.41, 5.74) is 2.61. The molecule has 1 N–H and O–H groups in total. The van der Waals surface area contributed by atoms with Crippen molar-refractivity contribution < 1.29 is 14.0 Å². The van der Waals surface area contributed by atoms with Gasteiger partial charge in [0.1, 0.15) is 0 Å². The summed E-state index contributed by atoms with van der Waals surface area (Å²) in [7, 11) is 0. The van der Waals surface area contributed by atoms with Crippen LogP contribution in [-0.2, 0) is 4.79 Å². The smallest absolute Gasteiger partial charge is 0.286 e. The molecular weight excluding hydrogens is 316 g/mol. The van der Waals surface area contributed by atoms with Crippen LogP contribution in [-0.4, -0.2) is 35.8 Å². The van der Waals surface area contributed by atoms with E-state index in [1.54, 1.807) is 12.1 Å². The first-order chi connectivity index (χ1) is 12.1. The van der Waals surface area contributed by atoms with Gasteiger partial charge in [-0.3, -0.25) is 9.59 Å². The summed E-state index contributed by atoms with van der Waals surface area (Å²) >= 11 is 0. The quantitative estimate of drug-likeness (QED) is 0.910. The molecule has 0 radical (unpaired) electrons. The normalized spacial score (nSPS) is 19.8. The second-order valence-electron chi connectivity index (χ2n) is 6.67. The minimum atomic E-state index is -0.287. The number of carbonyl (C=O) groups is 2. The molecule has 1 saturated heterocycles. The van der Waals surface area contributed by atoms with Gasteiger partial charge in [-0.05, 0) is 43.5 Å². The highest BCUT2D eigenvalue weighted by molar-refractivity contribution is 5.91. The molecule has 0 spiro atoms. The molecule has 5 nitrogen and oxygen atoms in total. The van der Waals surface area contributed by atoms with Crippen LogP contribution >= 0.6 is 0 Å². The van der Waals surface area contributed by atoms with E-state index in [0.29, 0.717) is 18.9 Å². The molecule has 132 valence electrons. The van der Waals surface area contributed by atoms with Crippen molar-refractivity contribution >= 4 is 11.8 Å². The summed E-state index contributed by atoms with van der Waals surface area (Å²) in [4.78, 5) is 26.3. The summed E-state index contributed by atoms with van der Waals surface area (Å²) in [5.74, 6) is 0.452. The number of hydrogen-bond donors (Lipinski definition) is 1. The predicted octanol–water partition coefficient (Wildman–Crippen LogP) is 3.11. The number of hydrogen-bond acceptors (Lipinski definition) is 3. The maximum Gasteiger partial charge on any atom is 0.286 e. The fourth-order valence-corrected chi connectivity index (χ4v) is 3.57. The topological polar surface area (TPSA) is 62.6 Å². The number of likely N-dealkylation sites (tertiary alicyclic amines) is 1. The van der Waals surface area contributed by atoms with Gasteiger partial charge in [0.15, 0.2) is 5.76 Å². The number of nitrogens with one attached hydrogen (secondary N) is 1. The van der Waals surface area contributed by atoms with E-state index < -0.39 is 0 Å². The molecule has 0 unspecified atom stereocenters. The van der Waals surface area contributed by atoms with E-state index in [9.17, 15) is 9.59 Å². The van der Waals surface area contributed by atoms with E-state index in [1.807, 2.05) is 11.0 Å². The first-order valence-electron chi connectivity index (χ1n) is 8.73. The molecule has 2 atom stereocenters. The maximum atomic E-state index is 12.5. The Hall–Kier alpha value is -2.56. The average molecular weight is 340 g/mol.